The van der Waals surface area contributed by atoms with Crippen LogP contribution in [0.5, 0.6) is 0 Å². The summed E-state index contributed by atoms with van der Waals surface area (Å²) in [5.41, 5.74) is 6.05. The highest BCUT2D eigenvalue weighted by Crippen LogP contribution is 2.29. The van der Waals surface area contributed by atoms with E-state index in [-0.39, 0.29) is 10.4 Å². The number of rotatable bonds is 3. The highest BCUT2D eigenvalue weighted by atomic mass is 32.2. The summed E-state index contributed by atoms with van der Waals surface area (Å²) in [5, 5.41) is 2.72. The zero-order valence-corrected chi connectivity index (χ0v) is 11.6. The van der Waals surface area contributed by atoms with Gasteiger partial charge in [-0.25, -0.2) is 8.42 Å². The monoisotopic (exact) mass is 284 g/mol. The van der Waals surface area contributed by atoms with Gasteiger partial charge in [0.25, 0.3) is 0 Å². The van der Waals surface area contributed by atoms with Crippen molar-refractivity contribution in [3.63, 3.8) is 0 Å². The van der Waals surface area contributed by atoms with Gasteiger partial charge in [-0.3, -0.25) is 0 Å². The van der Waals surface area contributed by atoms with E-state index in [1.807, 2.05) is 0 Å². The fourth-order valence-corrected chi connectivity index (χ4v) is 4.23. The van der Waals surface area contributed by atoms with Crippen LogP contribution in [-0.2, 0) is 9.84 Å². The quantitative estimate of drug-likeness (QED) is 0.831. The van der Waals surface area contributed by atoms with Crippen LogP contribution in [-0.4, -0.2) is 18.8 Å². The Kier molecular flexibility index (Phi) is 3.87. The highest BCUT2D eigenvalue weighted by molar-refractivity contribution is 7.92. The van der Waals surface area contributed by atoms with Crippen LogP contribution in [0.3, 0.4) is 0 Å². The lowest BCUT2D eigenvalue weighted by molar-refractivity contribution is 0.579. The molecule has 18 heavy (non-hydrogen) atoms. The smallest absolute Gasteiger partial charge is 0.181 e. The minimum atomic E-state index is -3.18. The molecule has 6 heteroatoms. The first-order chi connectivity index (χ1) is 8.50. The van der Waals surface area contributed by atoms with Crippen LogP contribution in [0.4, 0.5) is 5.69 Å². The average molecular weight is 284 g/mol. The predicted molar refractivity (Wildman–Crippen MR) is 76.3 cm³/mol. The first-order valence-corrected chi connectivity index (χ1v) is 7.86. The Hall–Kier alpha value is -1.14. The molecule has 1 aromatic rings. The molecule has 0 aliphatic heterocycles. The van der Waals surface area contributed by atoms with Crippen molar-refractivity contribution in [3.05, 3.63) is 24.3 Å². The predicted octanol–water partition coefficient (Wildman–Crippen LogP) is 2.06. The molecule has 1 saturated carbocycles. The second-order valence-electron chi connectivity index (χ2n) is 4.47. The third-order valence-corrected chi connectivity index (χ3v) is 5.57. The molecule has 1 aliphatic carbocycles. The van der Waals surface area contributed by atoms with Crippen LogP contribution >= 0.6 is 12.2 Å². The van der Waals surface area contributed by atoms with Crippen molar-refractivity contribution in [1.29, 1.82) is 0 Å². The Labute approximate surface area is 112 Å². The van der Waals surface area contributed by atoms with Gasteiger partial charge in [-0.15, -0.1) is 0 Å². The molecule has 0 aromatic heterocycles. The third-order valence-electron chi connectivity index (χ3n) is 3.19. The zero-order valence-electron chi connectivity index (χ0n) is 9.93. The molecule has 1 fully saturated rings. The number of benzene rings is 1. The number of hydrogen-bond donors (Lipinski definition) is 2. The SMILES string of the molecule is NC(=S)Nc1ccc(S(=O)(=O)C2CCCC2)cc1. The first kappa shape index (κ1) is 13.3. The van der Waals surface area contributed by atoms with E-state index in [0.29, 0.717) is 10.6 Å². The summed E-state index contributed by atoms with van der Waals surface area (Å²) in [5.74, 6) is 0. The fraction of sp³-hybridized carbons (Fsp3) is 0.417. The number of thiocarbonyl (C=S) groups is 1. The van der Waals surface area contributed by atoms with Gasteiger partial charge in [0.15, 0.2) is 14.9 Å². The number of nitrogens with one attached hydrogen (secondary N) is 1. The van der Waals surface area contributed by atoms with Crippen molar-refractivity contribution in [3.8, 4) is 0 Å². The molecule has 0 saturated heterocycles. The van der Waals surface area contributed by atoms with E-state index in [1.165, 1.54) is 0 Å². The molecule has 1 aromatic carbocycles. The van der Waals surface area contributed by atoms with E-state index in [0.717, 1.165) is 25.7 Å². The molecule has 0 amide bonds. The minimum absolute atomic E-state index is 0.168. The van der Waals surface area contributed by atoms with Crippen LogP contribution in [0.2, 0.25) is 0 Å². The summed E-state index contributed by atoms with van der Waals surface area (Å²) in [6.07, 6.45) is 3.56. The van der Waals surface area contributed by atoms with Gasteiger partial charge in [-0.2, -0.15) is 0 Å². The molecule has 0 atom stereocenters. The van der Waals surface area contributed by atoms with Gasteiger partial charge in [0.2, 0.25) is 0 Å². The van der Waals surface area contributed by atoms with Crippen LogP contribution in [0, 0.1) is 0 Å². The molecule has 0 radical (unpaired) electrons. The molecule has 4 nitrogen and oxygen atoms in total. The summed E-state index contributed by atoms with van der Waals surface area (Å²) >= 11 is 4.72. The zero-order chi connectivity index (χ0) is 13.2. The first-order valence-electron chi connectivity index (χ1n) is 5.90. The molecule has 1 aliphatic rings. The Morgan fingerprint density at radius 2 is 1.78 bits per heavy atom. The second-order valence-corrected chi connectivity index (χ2v) is 7.13. The fourth-order valence-electron chi connectivity index (χ4n) is 2.26. The van der Waals surface area contributed by atoms with Gasteiger partial charge in [-0.1, -0.05) is 12.8 Å². The molecule has 0 spiro atoms. The van der Waals surface area contributed by atoms with Crippen LogP contribution < -0.4 is 11.1 Å². The van der Waals surface area contributed by atoms with Crippen LogP contribution in [0.25, 0.3) is 0 Å². The lowest BCUT2D eigenvalue weighted by atomic mass is 10.3. The summed E-state index contributed by atoms with van der Waals surface area (Å²) < 4.78 is 24.6. The maximum Gasteiger partial charge on any atom is 0.181 e. The Bertz CT molecular complexity index is 532. The lowest BCUT2D eigenvalue weighted by Crippen LogP contribution is -2.19. The largest absolute Gasteiger partial charge is 0.376 e. The summed E-state index contributed by atoms with van der Waals surface area (Å²) in [6.45, 7) is 0. The normalized spacial score (nSPS) is 16.7. The van der Waals surface area contributed by atoms with E-state index < -0.39 is 9.84 Å². The van der Waals surface area contributed by atoms with E-state index in [9.17, 15) is 8.42 Å². The van der Waals surface area contributed by atoms with Crippen molar-refractivity contribution in [2.45, 2.75) is 35.8 Å². The summed E-state index contributed by atoms with van der Waals surface area (Å²) in [6, 6.07) is 6.57. The van der Waals surface area contributed by atoms with Crippen LogP contribution in [0.15, 0.2) is 29.2 Å². The molecule has 2 rings (SSSR count). The number of hydrogen-bond acceptors (Lipinski definition) is 3. The van der Waals surface area contributed by atoms with E-state index in [1.54, 1.807) is 24.3 Å². The van der Waals surface area contributed by atoms with E-state index in [4.69, 9.17) is 18.0 Å². The molecule has 0 unspecified atom stereocenters. The second kappa shape index (κ2) is 5.24. The molecule has 98 valence electrons. The topological polar surface area (TPSA) is 72.2 Å². The van der Waals surface area contributed by atoms with Crippen molar-refractivity contribution >= 4 is 32.9 Å². The lowest BCUT2D eigenvalue weighted by Gasteiger charge is -2.11. The maximum absolute atomic E-state index is 12.3. The third kappa shape index (κ3) is 2.81. The van der Waals surface area contributed by atoms with Crippen molar-refractivity contribution < 1.29 is 8.42 Å². The standard InChI is InChI=1S/C12H16N2O2S2/c13-12(17)14-9-5-7-11(8-6-9)18(15,16)10-3-1-2-4-10/h5-8,10H,1-4H2,(H3,13,14,17). The maximum atomic E-state index is 12.3. The number of anilines is 1. The van der Waals surface area contributed by atoms with Gasteiger partial charge in [-0.05, 0) is 49.3 Å². The van der Waals surface area contributed by atoms with Crippen LogP contribution in [0.1, 0.15) is 25.7 Å². The Morgan fingerprint density at radius 1 is 1.22 bits per heavy atom. The van der Waals surface area contributed by atoms with Gasteiger partial charge >= 0.3 is 0 Å². The van der Waals surface area contributed by atoms with Gasteiger partial charge in [0, 0.05) is 5.69 Å². The van der Waals surface area contributed by atoms with Gasteiger partial charge < -0.3 is 11.1 Å². The van der Waals surface area contributed by atoms with E-state index >= 15 is 0 Å². The van der Waals surface area contributed by atoms with Crippen molar-refractivity contribution in [1.82, 2.24) is 0 Å². The number of nitrogens with two attached hydrogens (primary N) is 1. The Morgan fingerprint density at radius 3 is 2.28 bits per heavy atom. The molecule has 3 N–H and O–H groups in total. The molecule has 0 heterocycles. The summed E-state index contributed by atoms with van der Waals surface area (Å²) in [4.78, 5) is 0.378. The minimum Gasteiger partial charge on any atom is -0.376 e. The molecular formula is C12H16N2O2S2. The number of sulfone groups is 1. The van der Waals surface area contributed by atoms with Gasteiger partial charge in [0.1, 0.15) is 0 Å². The van der Waals surface area contributed by atoms with Crippen molar-refractivity contribution in [2.24, 2.45) is 5.73 Å². The van der Waals surface area contributed by atoms with Crippen molar-refractivity contribution in [2.75, 3.05) is 5.32 Å². The Balaban J connectivity index is 2.20. The molecular weight excluding hydrogens is 268 g/mol. The summed E-state index contributed by atoms with van der Waals surface area (Å²) in [7, 11) is -3.18. The average Bonchev–Trinajstić information content (AvgIpc) is 2.83. The van der Waals surface area contributed by atoms with E-state index in [2.05, 4.69) is 5.32 Å². The van der Waals surface area contributed by atoms with Gasteiger partial charge in [0.05, 0.1) is 10.1 Å². The molecule has 0 bridgehead atoms. The highest BCUT2D eigenvalue weighted by Gasteiger charge is 2.29.